The number of thioether (sulfide) groups is 1. The maximum Gasteiger partial charge on any atom is 0.416 e. The van der Waals surface area contributed by atoms with Gasteiger partial charge in [0.25, 0.3) is 0 Å². The monoisotopic (exact) mass is 467 g/mol. The van der Waals surface area contributed by atoms with Gasteiger partial charge in [-0.2, -0.15) is 13.2 Å². The van der Waals surface area contributed by atoms with E-state index in [-0.39, 0.29) is 11.6 Å². The van der Waals surface area contributed by atoms with Gasteiger partial charge in [-0.05, 0) is 49.4 Å². The summed E-state index contributed by atoms with van der Waals surface area (Å²) in [4.78, 5) is 26.6. The van der Waals surface area contributed by atoms with E-state index in [1.54, 1.807) is 31.2 Å². The number of nitrogens with zero attached hydrogens (tertiary/aromatic N) is 1. The summed E-state index contributed by atoms with van der Waals surface area (Å²) < 4.78 is 45.1. The molecule has 1 atom stereocenters. The molecule has 2 N–H and O–H groups in total. The van der Waals surface area contributed by atoms with Crippen molar-refractivity contribution in [3.8, 4) is 0 Å². The molecule has 1 aliphatic heterocycles. The molecule has 10 heteroatoms. The summed E-state index contributed by atoms with van der Waals surface area (Å²) in [5, 5.41) is 4.78. The molecular weight excluding hydrogens is 443 g/mol. The lowest BCUT2D eigenvalue weighted by Crippen LogP contribution is -2.37. The molecule has 32 heavy (non-hydrogen) atoms. The first kappa shape index (κ1) is 23.9. The molecule has 3 rings (SSSR count). The van der Waals surface area contributed by atoms with E-state index in [0.29, 0.717) is 37.7 Å². The molecule has 172 valence electrons. The van der Waals surface area contributed by atoms with Gasteiger partial charge in [-0.15, -0.1) is 11.8 Å². The topological polar surface area (TPSA) is 70.7 Å². The normalized spacial score (nSPS) is 15.2. The fraction of sp³-hybridized carbons (Fsp3) is 0.364. The van der Waals surface area contributed by atoms with Crippen molar-refractivity contribution in [3.63, 3.8) is 0 Å². The van der Waals surface area contributed by atoms with E-state index in [2.05, 4.69) is 10.6 Å². The second-order valence-electron chi connectivity index (χ2n) is 7.28. The summed E-state index contributed by atoms with van der Waals surface area (Å²) >= 11 is 1.27. The predicted octanol–water partition coefficient (Wildman–Crippen LogP) is 4.62. The molecule has 1 saturated heterocycles. The first-order chi connectivity index (χ1) is 15.1. The molecule has 6 nitrogen and oxygen atoms in total. The van der Waals surface area contributed by atoms with Crippen molar-refractivity contribution in [3.05, 3.63) is 48.0 Å². The maximum absolute atomic E-state index is 13.3. The summed E-state index contributed by atoms with van der Waals surface area (Å²) in [6.07, 6.45) is -4.51. The zero-order valence-electron chi connectivity index (χ0n) is 17.7. The van der Waals surface area contributed by atoms with Crippen molar-refractivity contribution in [1.29, 1.82) is 0 Å². The number of carbonyl (C=O) groups excluding carboxylic acids is 2. The number of anilines is 3. The van der Waals surface area contributed by atoms with E-state index >= 15 is 0 Å². The minimum Gasteiger partial charge on any atom is -0.378 e. The highest BCUT2D eigenvalue weighted by atomic mass is 32.2. The van der Waals surface area contributed by atoms with Crippen molar-refractivity contribution < 1.29 is 27.5 Å². The van der Waals surface area contributed by atoms with Gasteiger partial charge in [-0.1, -0.05) is 0 Å². The maximum atomic E-state index is 13.3. The highest BCUT2D eigenvalue weighted by Crippen LogP contribution is 2.36. The van der Waals surface area contributed by atoms with E-state index in [4.69, 9.17) is 4.74 Å². The van der Waals surface area contributed by atoms with Crippen LogP contribution in [0.15, 0.2) is 47.4 Å². The third kappa shape index (κ3) is 6.39. The lowest BCUT2D eigenvalue weighted by atomic mass is 10.1. The average molecular weight is 468 g/mol. The SMILES string of the molecule is CC(=O)Nc1ccc(S[C@H](C)C(=O)Nc2cc(C(F)(F)F)ccc2N2CCOCC2)cc1. The van der Waals surface area contributed by atoms with Gasteiger partial charge in [-0.25, -0.2) is 0 Å². The lowest BCUT2D eigenvalue weighted by Gasteiger charge is -2.31. The third-order valence-electron chi connectivity index (χ3n) is 4.79. The largest absolute Gasteiger partial charge is 0.416 e. The number of hydrogen-bond acceptors (Lipinski definition) is 5. The summed E-state index contributed by atoms with van der Waals surface area (Å²) in [6.45, 7) is 5.08. The number of morpholine rings is 1. The molecule has 2 aromatic rings. The third-order valence-corrected chi connectivity index (χ3v) is 5.90. The quantitative estimate of drug-likeness (QED) is 0.607. The molecule has 0 spiro atoms. The summed E-state index contributed by atoms with van der Waals surface area (Å²) in [5.74, 6) is -0.593. The number of alkyl halides is 3. The van der Waals surface area contributed by atoms with Gasteiger partial charge in [0.1, 0.15) is 0 Å². The van der Waals surface area contributed by atoms with Gasteiger partial charge in [0.05, 0.1) is 35.4 Å². The van der Waals surface area contributed by atoms with Gasteiger partial charge in [0.2, 0.25) is 11.8 Å². The van der Waals surface area contributed by atoms with Crippen molar-refractivity contribution >= 4 is 40.6 Å². The number of hydrogen-bond donors (Lipinski definition) is 2. The minimum atomic E-state index is -4.51. The van der Waals surface area contributed by atoms with Crippen molar-refractivity contribution in [2.45, 2.75) is 30.2 Å². The molecule has 0 unspecified atom stereocenters. The van der Waals surface area contributed by atoms with Crippen LogP contribution in [-0.2, 0) is 20.5 Å². The number of benzene rings is 2. The van der Waals surface area contributed by atoms with E-state index in [1.165, 1.54) is 24.8 Å². The lowest BCUT2D eigenvalue weighted by molar-refractivity contribution is -0.137. The van der Waals surface area contributed by atoms with E-state index in [0.717, 1.165) is 17.0 Å². The van der Waals surface area contributed by atoms with Crippen molar-refractivity contribution in [2.75, 3.05) is 41.8 Å². The Labute approximate surface area is 188 Å². The van der Waals surface area contributed by atoms with Crippen LogP contribution in [0.3, 0.4) is 0 Å². The Balaban J connectivity index is 1.75. The Morgan fingerprint density at radius 2 is 1.72 bits per heavy atom. The van der Waals surface area contributed by atoms with E-state index in [9.17, 15) is 22.8 Å². The molecule has 1 heterocycles. The molecule has 0 radical (unpaired) electrons. The molecule has 0 saturated carbocycles. The smallest absolute Gasteiger partial charge is 0.378 e. The Morgan fingerprint density at radius 3 is 2.31 bits per heavy atom. The van der Waals surface area contributed by atoms with E-state index < -0.39 is 22.9 Å². The zero-order chi connectivity index (χ0) is 23.3. The van der Waals surface area contributed by atoms with Crippen LogP contribution < -0.4 is 15.5 Å². The Hall–Kier alpha value is -2.72. The van der Waals surface area contributed by atoms with Gasteiger partial charge in [0.15, 0.2) is 0 Å². The molecule has 0 aromatic heterocycles. The zero-order valence-corrected chi connectivity index (χ0v) is 18.5. The molecule has 0 aliphatic carbocycles. The molecular formula is C22H24F3N3O3S. The standard InChI is InChI=1S/C22H24F3N3O3S/c1-14(32-18-6-4-17(5-7-18)26-15(2)29)21(30)27-19-13-16(22(23,24)25)3-8-20(19)28-9-11-31-12-10-28/h3-8,13-14H,9-12H2,1-2H3,(H,26,29)(H,27,30)/t14-/m1/s1. The number of rotatable bonds is 6. The van der Waals surface area contributed by atoms with Crippen LogP contribution in [-0.4, -0.2) is 43.4 Å². The van der Waals surface area contributed by atoms with Gasteiger partial charge in [0, 0.05) is 30.6 Å². The fourth-order valence-corrected chi connectivity index (χ4v) is 4.07. The highest BCUT2D eigenvalue weighted by molar-refractivity contribution is 8.00. The number of nitrogens with one attached hydrogen (secondary N) is 2. The van der Waals surface area contributed by atoms with Crippen LogP contribution in [0.25, 0.3) is 0 Å². The second-order valence-corrected chi connectivity index (χ2v) is 8.70. The van der Waals surface area contributed by atoms with Gasteiger partial charge < -0.3 is 20.3 Å². The molecule has 2 amide bonds. The fourth-order valence-electron chi connectivity index (χ4n) is 3.20. The van der Waals surface area contributed by atoms with Crippen LogP contribution in [0, 0.1) is 0 Å². The highest BCUT2D eigenvalue weighted by Gasteiger charge is 2.32. The Morgan fingerprint density at radius 1 is 1.06 bits per heavy atom. The average Bonchev–Trinajstić information content (AvgIpc) is 2.74. The molecule has 0 bridgehead atoms. The number of ether oxygens (including phenoxy) is 1. The summed E-state index contributed by atoms with van der Waals surface area (Å²) in [6, 6.07) is 10.4. The first-order valence-electron chi connectivity index (χ1n) is 10.0. The molecule has 2 aromatic carbocycles. The van der Waals surface area contributed by atoms with Gasteiger partial charge in [-0.3, -0.25) is 9.59 Å². The van der Waals surface area contributed by atoms with Crippen LogP contribution in [0.5, 0.6) is 0 Å². The first-order valence-corrected chi connectivity index (χ1v) is 10.9. The second kappa shape index (κ2) is 10.3. The van der Waals surface area contributed by atoms with Gasteiger partial charge >= 0.3 is 6.18 Å². The summed E-state index contributed by atoms with van der Waals surface area (Å²) in [5.41, 5.74) is 0.475. The van der Waals surface area contributed by atoms with Crippen LogP contribution in [0.4, 0.5) is 30.2 Å². The summed E-state index contributed by atoms with van der Waals surface area (Å²) in [7, 11) is 0. The van der Waals surface area contributed by atoms with Crippen molar-refractivity contribution in [2.24, 2.45) is 0 Å². The van der Waals surface area contributed by atoms with Crippen LogP contribution >= 0.6 is 11.8 Å². The number of halogens is 3. The van der Waals surface area contributed by atoms with Crippen LogP contribution in [0.1, 0.15) is 19.4 Å². The van der Waals surface area contributed by atoms with Crippen molar-refractivity contribution in [1.82, 2.24) is 0 Å². The minimum absolute atomic E-state index is 0.125. The van der Waals surface area contributed by atoms with E-state index in [1.807, 2.05) is 4.90 Å². The Bertz CT molecular complexity index is 961. The number of carbonyl (C=O) groups is 2. The molecule has 1 aliphatic rings. The van der Waals surface area contributed by atoms with Crippen LogP contribution in [0.2, 0.25) is 0 Å². The Kier molecular flexibility index (Phi) is 7.68. The predicted molar refractivity (Wildman–Crippen MR) is 119 cm³/mol. The number of amides is 2. The molecule has 1 fully saturated rings.